The molecule has 0 bridgehead atoms. The Kier molecular flexibility index (Phi) is 7.19. The van der Waals surface area contributed by atoms with Gasteiger partial charge in [0.05, 0.1) is 12.8 Å². The second kappa shape index (κ2) is 10.0. The number of aromatic hydroxyl groups is 1. The Morgan fingerprint density at radius 3 is 2.45 bits per heavy atom. The predicted octanol–water partition coefficient (Wildman–Crippen LogP) is 6.72. The van der Waals surface area contributed by atoms with Crippen LogP contribution in [0.15, 0.2) is 65.7 Å². The zero-order chi connectivity index (χ0) is 22.4. The van der Waals surface area contributed by atoms with Crippen LogP contribution in [0.2, 0.25) is 0 Å². The monoisotopic (exact) mass is 419 g/mol. The summed E-state index contributed by atoms with van der Waals surface area (Å²) in [4.78, 5) is 17.7. The maximum atomic E-state index is 13.9. The van der Waals surface area contributed by atoms with Crippen LogP contribution in [0.25, 0.3) is 11.1 Å². The topological polar surface area (TPSA) is 58.9 Å². The number of methoxy groups -OCH3 is 1. The highest BCUT2D eigenvalue weighted by Crippen LogP contribution is 2.31. The SMILES string of the molecule is CCCCC(=O)c1cc(-c2ccc(O)c(F)c2)ccc1N=C(C)c1ccccc1OC. The van der Waals surface area contributed by atoms with Gasteiger partial charge in [-0.2, -0.15) is 0 Å². The first kappa shape index (κ1) is 22.2. The number of benzene rings is 3. The summed E-state index contributed by atoms with van der Waals surface area (Å²) in [6.07, 6.45) is 2.11. The molecule has 0 amide bonds. The number of ether oxygens (including phenoxy) is 1. The van der Waals surface area contributed by atoms with E-state index in [-0.39, 0.29) is 5.78 Å². The second-order valence-electron chi connectivity index (χ2n) is 7.32. The lowest BCUT2D eigenvalue weighted by Gasteiger charge is -2.12. The van der Waals surface area contributed by atoms with Crippen LogP contribution in [-0.2, 0) is 0 Å². The molecule has 0 heterocycles. The number of rotatable bonds is 8. The quantitative estimate of drug-likeness (QED) is 0.326. The van der Waals surface area contributed by atoms with Crippen LogP contribution in [0.1, 0.15) is 49.0 Å². The summed E-state index contributed by atoms with van der Waals surface area (Å²) in [5.74, 6) is -0.407. The molecule has 3 rings (SSSR count). The molecular weight excluding hydrogens is 393 g/mol. The summed E-state index contributed by atoms with van der Waals surface area (Å²) >= 11 is 0. The number of hydrogen-bond donors (Lipinski definition) is 1. The number of halogens is 1. The van der Waals surface area contributed by atoms with Crippen LogP contribution in [0.3, 0.4) is 0 Å². The van der Waals surface area contributed by atoms with E-state index in [9.17, 15) is 14.3 Å². The van der Waals surface area contributed by atoms with Crippen molar-refractivity contribution in [1.82, 2.24) is 0 Å². The van der Waals surface area contributed by atoms with Crippen molar-refractivity contribution >= 4 is 17.2 Å². The third-order valence-corrected chi connectivity index (χ3v) is 5.12. The smallest absolute Gasteiger partial charge is 0.165 e. The first-order valence-electron chi connectivity index (χ1n) is 10.3. The zero-order valence-corrected chi connectivity index (χ0v) is 18.0. The number of ketones is 1. The van der Waals surface area contributed by atoms with Crippen molar-refractivity contribution in [2.45, 2.75) is 33.1 Å². The van der Waals surface area contributed by atoms with E-state index in [1.807, 2.05) is 38.1 Å². The van der Waals surface area contributed by atoms with Gasteiger partial charge in [-0.1, -0.05) is 37.6 Å². The minimum Gasteiger partial charge on any atom is -0.505 e. The highest BCUT2D eigenvalue weighted by molar-refractivity contribution is 6.06. The lowest BCUT2D eigenvalue weighted by atomic mass is 9.97. The van der Waals surface area contributed by atoms with Crippen LogP contribution in [0.5, 0.6) is 11.5 Å². The number of carbonyl (C=O) groups excluding carboxylic acids is 1. The minimum absolute atomic E-state index is 0.00507. The molecule has 5 heteroatoms. The van der Waals surface area contributed by atoms with Crippen LogP contribution in [0, 0.1) is 5.82 Å². The zero-order valence-electron chi connectivity index (χ0n) is 18.0. The molecule has 0 aliphatic heterocycles. The summed E-state index contributed by atoms with van der Waals surface area (Å²) in [7, 11) is 1.61. The Morgan fingerprint density at radius 2 is 1.74 bits per heavy atom. The number of hydrogen-bond acceptors (Lipinski definition) is 4. The normalized spacial score (nSPS) is 11.4. The van der Waals surface area contributed by atoms with E-state index in [1.54, 1.807) is 31.4 Å². The molecule has 0 aromatic heterocycles. The van der Waals surface area contributed by atoms with Gasteiger partial charge in [-0.25, -0.2) is 4.39 Å². The van der Waals surface area contributed by atoms with Gasteiger partial charge in [-0.15, -0.1) is 0 Å². The third kappa shape index (κ3) is 5.18. The number of nitrogens with zero attached hydrogens (tertiary/aromatic N) is 1. The first-order chi connectivity index (χ1) is 14.9. The van der Waals surface area contributed by atoms with Crippen molar-refractivity contribution in [1.29, 1.82) is 0 Å². The molecule has 0 saturated heterocycles. The van der Waals surface area contributed by atoms with E-state index in [0.29, 0.717) is 34.5 Å². The van der Waals surface area contributed by atoms with E-state index in [0.717, 1.165) is 24.1 Å². The molecule has 3 aromatic carbocycles. The summed E-state index contributed by atoms with van der Waals surface area (Å²) < 4.78 is 19.3. The Labute approximate surface area is 182 Å². The van der Waals surface area contributed by atoms with Crippen molar-refractivity contribution in [3.8, 4) is 22.6 Å². The van der Waals surface area contributed by atoms with Crippen molar-refractivity contribution < 1.29 is 19.0 Å². The van der Waals surface area contributed by atoms with Gasteiger partial charge in [0.15, 0.2) is 17.3 Å². The molecular formula is C26H26FNO3. The van der Waals surface area contributed by atoms with E-state index >= 15 is 0 Å². The molecule has 0 aliphatic carbocycles. The van der Waals surface area contributed by atoms with Crippen LogP contribution < -0.4 is 4.74 Å². The number of para-hydroxylation sites is 1. The second-order valence-corrected chi connectivity index (χ2v) is 7.32. The van der Waals surface area contributed by atoms with E-state index < -0.39 is 11.6 Å². The molecule has 0 atom stereocenters. The van der Waals surface area contributed by atoms with Crippen LogP contribution >= 0.6 is 0 Å². The van der Waals surface area contributed by atoms with Gasteiger partial charge in [0.2, 0.25) is 0 Å². The number of Topliss-reactive ketones (excluding diaryl/α,β-unsaturated/α-hetero) is 1. The molecule has 0 fully saturated rings. The highest BCUT2D eigenvalue weighted by Gasteiger charge is 2.15. The predicted molar refractivity (Wildman–Crippen MR) is 122 cm³/mol. The summed E-state index contributed by atoms with van der Waals surface area (Å²) in [6, 6.07) is 17.1. The Balaban J connectivity index is 2.08. The standard InChI is InChI=1S/C26H26FNO3/c1-4-5-9-24(29)21-15-18(19-12-14-25(30)22(27)16-19)11-13-23(21)28-17(2)20-8-6-7-10-26(20)31-3/h6-8,10-16,30H,4-5,9H2,1-3H3. The average molecular weight is 419 g/mol. The fourth-order valence-electron chi connectivity index (χ4n) is 3.38. The maximum absolute atomic E-state index is 13.9. The third-order valence-electron chi connectivity index (χ3n) is 5.12. The molecule has 0 spiro atoms. The summed E-state index contributed by atoms with van der Waals surface area (Å²) in [5, 5.41) is 9.47. The fourth-order valence-corrected chi connectivity index (χ4v) is 3.38. The minimum atomic E-state index is -0.703. The summed E-state index contributed by atoms with van der Waals surface area (Å²) in [5.41, 5.74) is 3.90. The molecule has 0 unspecified atom stereocenters. The van der Waals surface area contributed by atoms with Crippen molar-refractivity contribution in [3.63, 3.8) is 0 Å². The first-order valence-corrected chi connectivity index (χ1v) is 10.3. The Hall–Kier alpha value is -3.47. The Morgan fingerprint density at radius 1 is 1.03 bits per heavy atom. The van der Waals surface area contributed by atoms with Crippen molar-refractivity contribution in [2.75, 3.05) is 7.11 Å². The summed E-state index contributed by atoms with van der Waals surface area (Å²) in [6.45, 7) is 3.91. The lowest BCUT2D eigenvalue weighted by molar-refractivity contribution is 0.0980. The van der Waals surface area contributed by atoms with Gasteiger partial charge in [-0.05, 0) is 60.9 Å². The van der Waals surface area contributed by atoms with Gasteiger partial charge < -0.3 is 9.84 Å². The highest BCUT2D eigenvalue weighted by atomic mass is 19.1. The lowest BCUT2D eigenvalue weighted by Crippen LogP contribution is -2.02. The molecule has 0 aliphatic rings. The molecule has 0 saturated carbocycles. The van der Waals surface area contributed by atoms with Crippen LogP contribution in [0.4, 0.5) is 10.1 Å². The fraction of sp³-hybridized carbons (Fsp3) is 0.231. The Bertz CT molecular complexity index is 1120. The molecule has 4 nitrogen and oxygen atoms in total. The van der Waals surface area contributed by atoms with Gasteiger partial charge in [0, 0.05) is 23.3 Å². The number of phenolic OH excluding ortho intramolecular Hbond substituents is 1. The molecule has 3 aromatic rings. The molecule has 31 heavy (non-hydrogen) atoms. The van der Waals surface area contributed by atoms with Gasteiger partial charge in [0.25, 0.3) is 0 Å². The van der Waals surface area contributed by atoms with E-state index in [4.69, 9.17) is 9.73 Å². The molecule has 0 radical (unpaired) electrons. The van der Waals surface area contributed by atoms with Gasteiger partial charge in [-0.3, -0.25) is 9.79 Å². The van der Waals surface area contributed by atoms with Gasteiger partial charge in [0.1, 0.15) is 5.75 Å². The van der Waals surface area contributed by atoms with Gasteiger partial charge >= 0.3 is 0 Å². The molecule has 160 valence electrons. The van der Waals surface area contributed by atoms with Crippen molar-refractivity contribution in [3.05, 3.63) is 77.6 Å². The average Bonchev–Trinajstić information content (AvgIpc) is 2.79. The number of aliphatic imine (C=N–C) groups is 1. The number of unbranched alkanes of at least 4 members (excludes halogenated alkanes) is 1. The van der Waals surface area contributed by atoms with Crippen molar-refractivity contribution in [2.24, 2.45) is 4.99 Å². The number of phenols is 1. The maximum Gasteiger partial charge on any atom is 0.165 e. The van der Waals surface area contributed by atoms with Crippen LogP contribution in [-0.4, -0.2) is 23.7 Å². The van der Waals surface area contributed by atoms with E-state index in [1.165, 1.54) is 12.1 Å². The van der Waals surface area contributed by atoms with E-state index in [2.05, 4.69) is 0 Å². The largest absolute Gasteiger partial charge is 0.505 e. The number of carbonyl (C=O) groups is 1. The molecule has 1 N–H and O–H groups in total.